The van der Waals surface area contributed by atoms with Crippen LogP contribution in [0.5, 0.6) is 0 Å². The predicted octanol–water partition coefficient (Wildman–Crippen LogP) is 2.76. The molecule has 0 fully saturated rings. The molecule has 0 saturated carbocycles. The van der Waals surface area contributed by atoms with Crippen molar-refractivity contribution in [3.05, 3.63) is 47.5 Å². The van der Waals surface area contributed by atoms with E-state index in [0.29, 0.717) is 11.9 Å². The van der Waals surface area contributed by atoms with Crippen LogP contribution in [0, 0.1) is 0 Å². The summed E-state index contributed by atoms with van der Waals surface area (Å²) in [6.07, 6.45) is 2.49. The molecule has 1 N–H and O–H groups in total. The Bertz CT molecular complexity index is 363. The summed E-state index contributed by atoms with van der Waals surface area (Å²) >= 11 is 3.26. The number of hydrogen-bond acceptors (Lipinski definition) is 3. The number of aliphatic hydroxyl groups is 1. The van der Waals surface area contributed by atoms with Crippen LogP contribution in [0.4, 0.5) is 0 Å². The van der Waals surface area contributed by atoms with E-state index in [1.807, 2.05) is 18.2 Å². The molecule has 0 radical (unpaired) electrons. The molecule has 0 spiro atoms. The predicted molar refractivity (Wildman–Crippen MR) is 80.7 cm³/mol. The van der Waals surface area contributed by atoms with Crippen molar-refractivity contribution in [2.24, 2.45) is 0 Å². The number of hydrogen-bond donors (Lipinski definition) is 1. The molecule has 0 aromatic heterocycles. The zero-order chi connectivity index (χ0) is 13.4. The Morgan fingerprint density at radius 3 is 2.61 bits per heavy atom. The molecule has 2 unspecified atom stereocenters. The molecular weight excluding hydrogens is 261 g/mol. The van der Waals surface area contributed by atoms with Gasteiger partial charge in [-0.3, -0.25) is 0 Å². The van der Waals surface area contributed by atoms with Gasteiger partial charge in [0.25, 0.3) is 0 Å². The van der Waals surface area contributed by atoms with Crippen LogP contribution in [0.2, 0.25) is 0 Å². The SMILES string of the molecule is CC1SC=CN1CC(O)Cc1ccccc1.[Li][Cl]. The molecule has 0 amide bonds. The van der Waals surface area contributed by atoms with Crippen molar-refractivity contribution in [2.75, 3.05) is 6.54 Å². The van der Waals surface area contributed by atoms with Gasteiger partial charge < -0.3 is 10.0 Å². The summed E-state index contributed by atoms with van der Waals surface area (Å²) < 4.78 is 0. The molecule has 2 nitrogen and oxygen atoms in total. The van der Waals surface area contributed by atoms with E-state index in [2.05, 4.69) is 45.4 Å². The summed E-state index contributed by atoms with van der Waals surface area (Å²) in [5.74, 6) is 0. The fourth-order valence-electron chi connectivity index (χ4n) is 1.83. The van der Waals surface area contributed by atoms with E-state index in [1.54, 1.807) is 11.8 Å². The van der Waals surface area contributed by atoms with E-state index >= 15 is 0 Å². The Morgan fingerprint density at radius 1 is 1.39 bits per heavy atom. The molecule has 1 aliphatic rings. The van der Waals surface area contributed by atoms with E-state index in [1.165, 1.54) is 22.3 Å². The fourth-order valence-corrected chi connectivity index (χ4v) is 2.60. The number of thioether (sulfide) groups is 1. The standard InChI is InChI=1S/C13H17NOS.ClH.Li/c1-11-14(7-8-16-11)10-13(15)9-12-5-3-2-4-6-12;;/h2-8,11,13,15H,9-10H2,1H3;1H;/q;;+1/p-1. The van der Waals surface area contributed by atoms with Gasteiger partial charge in [0.1, 0.15) is 0 Å². The summed E-state index contributed by atoms with van der Waals surface area (Å²) in [5, 5.41) is 12.5. The first kappa shape index (κ1) is 16.0. The number of rotatable bonds is 4. The van der Waals surface area contributed by atoms with E-state index in [9.17, 15) is 5.11 Å². The van der Waals surface area contributed by atoms with Crippen molar-refractivity contribution in [1.82, 2.24) is 4.90 Å². The molecule has 0 bridgehead atoms. The van der Waals surface area contributed by atoms with Crippen LogP contribution in [-0.4, -0.2) is 44.8 Å². The third kappa shape index (κ3) is 5.30. The summed E-state index contributed by atoms with van der Waals surface area (Å²) in [4.78, 5) is 2.18. The van der Waals surface area contributed by atoms with E-state index in [4.69, 9.17) is 0 Å². The first-order chi connectivity index (χ1) is 8.75. The van der Waals surface area contributed by atoms with Gasteiger partial charge in [0.15, 0.2) is 0 Å². The number of nitrogens with zero attached hydrogens (tertiary/aromatic N) is 1. The van der Waals surface area contributed by atoms with Crippen molar-refractivity contribution in [3.63, 3.8) is 0 Å². The minimum atomic E-state index is -0.298. The van der Waals surface area contributed by atoms with Gasteiger partial charge in [-0.05, 0) is 17.9 Å². The van der Waals surface area contributed by atoms with Crippen molar-refractivity contribution < 1.29 is 5.11 Å². The molecule has 5 heteroatoms. The van der Waals surface area contributed by atoms with E-state index < -0.39 is 0 Å². The third-order valence-corrected chi connectivity index (χ3v) is 3.67. The number of aliphatic hydroxyl groups excluding tert-OH is 1. The zero-order valence-corrected chi connectivity index (χ0v) is 12.4. The maximum atomic E-state index is 10.00. The summed E-state index contributed by atoms with van der Waals surface area (Å²) in [5.41, 5.74) is 1.19. The quantitative estimate of drug-likeness (QED) is 0.856. The molecule has 2 atom stereocenters. The van der Waals surface area contributed by atoms with Crippen LogP contribution < -0.4 is 0 Å². The molecule has 94 valence electrons. The first-order valence-electron chi connectivity index (χ1n) is 5.93. The van der Waals surface area contributed by atoms with Crippen molar-refractivity contribution in [2.45, 2.75) is 24.8 Å². The summed E-state index contributed by atoms with van der Waals surface area (Å²) in [6, 6.07) is 10.1. The average molecular weight is 278 g/mol. The molecular formula is C13H17ClLiNOS. The molecule has 2 rings (SSSR count). The van der Waals surface area contributed by atoms with Crippen LogP contribution in [0.25, 0.3) is 0 Å². The Hall–Kier alpha value is -0.0426. The van der Waals surface area contributed by atoms with Gasteiger partial charge in [-0.15, -0.1) is 11.8 Å². The third-order valence-electron chi connectivity index (χ3n) is 2.73. The van der Waals surface area contributed by atoms with Gasteiger partial charge >= 0.3 is 26.5 Å². The van der Waals surface area contributed by atoms with Gasteiger partial charge in [0, 0.05) is 19.2 Å². The number of halogens is 1. The van der Waals surface area contributed by atoms with Crippen molar-refractivity contribution in [3.8, 4) is 0 Å². The van der Waals surface area contributed by atoms with Gasteiger partial charge in [-0.1, -0.05) is 30.3 Å². The van der Waals surface area contributed by atoms with Crippen LogP contribution in [0.3, 0.4) is 0 Å². The topological polar surface area (TPSA) is 23.5 Å². The number of benzene rings is 1. The van der Waals surface area contributed by atoms with Gasteiger partial charge in [-0.25, -0.2) is 0 Å². The molecule has 1 aromatic rings. The van der Waals surface area contributed by atoms with E-state index in [0.717, 1.165) is 6.42 Å². The molecule has 1 heterocycles. The van der Waals surface area contributed by atoms with Crippen LogP contribution >= 0.6 is 21.6 Å². The van der Waals surface area contributed by atoms with Gasteiger partial charge in [-0.2, -0.15) is 0 Å². The van der Waals surface area contributed by atoms with Crippen molar-refractivity contribution in [1.29, 1.82) is 0 Å². The summed E-state index contributed by atoms with van der Waals surface area (Å²) in [7, 11) is 4.64. The molecule has 1 aliphatic heterocycles. The van der Waals surface area contributed by atoms with Gasteiger partial charge in [0.2, 0.25) is 0 Å². The zero-order valence-electron chi connectivity index (χ0n) is 10.8. The maximum absolute atomic E-state index is 10.00. The second kappa shape index (κ2) is 8.96. The van der Waals surface area contributed by atoms with E-state index in [-0.39, 0.29) is 6.10 Å². The Kier molecular flexibility index (Phi) is 7.97. The Morgan fingerprint density at radius 2 is 2.06 bits per heavy atom. The fraction of sp³-hybridized carbons (Fsp3) is 0.385. The van der Waals surface area contributed by atoms with Crippen molar-refractivity contribution >= 4 is 38.3 Å². The second-order valence-corrected chi connectivity index (χ2v) is 5.29. The Balaban J connectivity index is 0.000000771. The average Bonchev–Trinajstić information content (AvgIpc) is 2.79. The molecule has 0 saturated heterocycles. The molecule has 1 aromatic carbocycles. The van der Waals surface area contributed by atoms with Gasteiger partial charge in [0.05, 0.1) is 11.5 Å². The molecule has 0 aliphatic carbocycles. The van der Waals surface area contributed by atoms with Crippen LogP contribution in [-0.2, 0) is 6.42 Å². The summed E-state index contributed by atoms with van der Waals surface area (Å²) in [6.45, 7) is 2.86. The first-order valence-corrected chi connectivity index (χ1v) is 7.63. The second-order valence-electron chi connectivity index (χ2n) is 4.06. The van der Waals surface area contributed by atoms with Crippen LogP contribution in [0.15, 0.2) is 41.9 Å². The number of β-amino-alcohol motifs (C(OH)–C–C–N with tert-alkyl or cyclic N) is 1. The molecule has 18 heavy (non-hydrogen) atoms. The monoisotopic (exact) mass is 277 g/mol. The normalized spacial score (nSPS) is 19.4. The Labute approximate surface area is 127 Å². The minimum absolute atomic E-state index is 0.298. The van der Waals surface area contributed by atoms with Crippen LogP contribution in [0.1, 0.15) is 12.5 Å².